The fourth-order valence-electron chi connectivity index (χ4n) is 2.28. The Morgan fingerprint density at radius 3 is 1.80 bits per heavy atom. The molecule has 1 heterocycles. The lowest BCUT2D eigenvalue weighted by atomic mass is 9.78. The summed E-state index contributed by atoms with van der Waals surface area (Å²) in [5, 5.41) is 12.7. The van der Waals surface area contributed by atoms with E-state index in [1.54, 1.807) is 11.3 Å². The summed E-state index contributed by atoms with van der Waals surface area (Å²) < 4.78 is 0. The first-order valence-electron chi connectivity index (χ1n) is 6.87. The monoisotopic (exact) mass is 289 g/mol. The van der Waals surface area contributed by atoms with Crippen LogP contribution in [-0.2, 0) is 10.8 Å². The number of phenolic OH excluding ortho intramolecular Hbond substituents is 1. The Bertz CT molecular complexity index is 566. The maximum absolute atomic E-state index is 10.7. The summed E-state index contributed by atoms with van der Waals surface area (Å²) in [5.41, 5.74) is 5.66. The van der Waals surface area contributed by atoms with Gasteiger partial charge in [-0.15, -0.1) is 11.3 Å². The third-order valence-electron chi connectivity index (χ3n) is 3.45. The molecule has 2 rings (SSSR count). The van der Waals surface area contributed by atoms with Crippen molar-refractivity contribution in [1.82, 2.24) is 4.98 Å². The number of aromatic hydroxyl groups is 1. The van der Waals surface area contributed by atoms with Crippen molar-refractivity contribution in [2.24, 2.45) is 0 Å². The molecule has 0 unspecified atom stereocenters. The fraction of sp³-hybridized carbons (Fsp3) is 0.471. The van der Waals surface area contributed by atoms with Crippen molar-refractivity contribution in [3.05, 3.63) is 34.2 Å². The number of benzene rings is 1. The van der Waals surface area contributed by atoms with E-state index < -0.39 is 0 Å². The van der Waals surface area contributed by atoms with Crippen LogP contribution in [0.4, 0.5) is 0 Å². The van der Waals surface area contributed by atoms with Crippen molar-refractivity contribution in [3.63, 3.8) is 0 Å². The predicted molar refractivity (Wildman–Crippen MR) is 86.6 cm³/mol. The molecule has 2 aromatic rings. The Balaban J connectivity index is 2.74. The molecule has 0 fully saturated rings. The second-order valence-electron chi connectivity index (χ2n) is 7.29. The average molecular weight is 289 g/mol. The number of hydrogen-bond donors (Lipinski definition) is 1. The standard InChI is InChI=1S/C17H23NOS/c1-16(2,3)12-7-11(14-9-20-10-18-14)8-13(15(12)19)17(4,5)6/h7-10,19H,1-6H3. The third-order valence-corrected chi connectivity index (χ3v) is 4.04. The normalized spacial score (nSPS) is 12.7. The van der Waals surface area contributed by atoms with E-state index in [1.165, 1.54) is 0 Å². The molecule has 0 saturated carbocycles. The van der Waals surface area contributed by atoms with Gasteiger partial charge < -0.3 is 5.11 Å². The highest BCUT2D eigenvalue weighted by Gasteiger charge is 2.26. The lowest BCUT2D eigenvalue weighted by Gasteiger charge is -2.28. The minimum Gasteiger partial charge on any atom is -0.507 e. The molecule has 0 aliphatic heterocycles. The van der Waals surface area contributed by atoms with Gasteiger partial charge >= 0.3 is 0 Å². The highest BCUT2D eigenvalue weighted by Crippen LogP contribution is 2.41. The summed E-state index contributed by atoms with van der Waals surface area (Å²) in [4.78, 5) is 4.40. The summed E-state index contributed by atoms with van der Waals surface area (Å²) >= 11 is 1.59. The zero-order valence-electron chi connectivity index (χ0n) is 13.1. The van der Waals surface area contributed by atoms with E-state index in [0.29, 0.717) is 5.75 Å². The number of aromatic nitrogens is 1. The van der Waals surface area contributed by atoms with Crippen LogP contribution in [-0.4, -0.2) is 10.1 Å². The van der Waals surface area contributed by atoms with Gasteiger partial charge in [0.2, 0.25) is 0 Å². The van der Waals surface area contributed by atoms with Crippen LogP contribution in [0, 0.1) is 0 Å². The Kier molecular flexibility index (Phi) is 3.67. The van der Waals surface area contributed by atoms with Crippen molar-refractivity contribution in [2.75, 3.05) is 0 Å². The van der Waals surface area contributed by atoms with Gasteiger partial charge in [0.25, 0.3) is 0 Å². The molecular formula is C17H23NOS. The molecule has 0 aliphatic rings. The summed E-state index contributed by atoms with van der Waals surface area (Å²) in [6.07, 6.45) is 0. The lowest BCUT2D eigenvalue weighted by Crippen LogP contribution is -2.17. The van der Waals surface area contributed by atoms with Gasteiger partial charge in [0.1, 0.15) is 5.75 Å². The highest BCUT2D eigenvalue weighted by molar-refractivity contribution is 7.07. The number of phenols is 1. The van der Waals surface area contributed by atoms with E-state index >= 15 is 0 Å². The molecule has 3 heteroatoms. The van der Waals surface area contributed by atoms with Gasteiger partial charge in [-0.05, 0) is 23.0 Å². The zero-order valence-corrected chi connectivity index (χ0v) is 13.9. The van der Waals surface area contributed by atoms with Crippen LogP contribution in [0.1, 0.15) is 52.7 Å². The summed E-state index contributed by atoms with van der Waals surface area (Å²) in [6, 6.07) is 4.14. The molecule has 2 nitrogen and oxygen atoms in total. The number of nitrogens with zero attached hydrogens (tertiary/aromatic N) is 1. The van der Waals surface area contributed by atoms with E-state index in [0.717, 1.165) is 22.4 Å². The molecule has 0 spiro atoms. The lowest BCUT2D eigenvalue weighted by molar-refractivity contribution is 0.423. The van der Waals surface area contributed by atoms with Crippen LogP contribution in [0.3, 0.4) is 0 Å². The molecule has 1 aromatic carbocycles. The van der Waals surface area contributed by atoms with Gasteiger partial charge in [-0.2, -0.15) is 0 Å². The van der Waals surface area contributed by atoms with Crippen LogP contribution in [0.2, 0.25) is 0 Å². The van der Waals surface area contributed by atoms with E-state index in [4.69, 9.17) is 0 Å². The predicted octanol–water partition coefficient (Wildman–Crippen LogP) is 5.11. The SMILES string of the molecule is CC(C)(C)c1cc(-c2cscn2)cc(C(C)(C)C)c1O. The van der Waals surface area contributed by atoms with Crippen molar-refractivity contribution in [2.45, 2.75) is 52.4 Å². The Morgan fingerprint density at radius 1 is 0.950 bits per heavy atom. The van der Waals surface area contributed by atoms with Crippen LogP contribution in [0.15, 0.2) is 23.0 Å². The Morgan fingerprint density at radius 2 is 1.45 bits per heavy atom. The van der Waals surface area contributed by atoms with E-state index in [2.05, 4.69) is 58.7 Å². The molecule has 1 N–H and O–H groups in total. The minimum absolute atomic E-state index is 0.101. The van der Waals surface area contributed by atoms with Gasteiger partial charge in [0.05, 0.1) is 11.2 Å². The molecule has 108 valence electrons. The van der Waals surface area contributed by atoms with Crippen LogP contribution in [0.25, 0.3) is 11.3 Å². The van der Waals surface area contributed by atoms with Gasteiger partial charge in [0.15, 0.2) is 0 Å². The molecular weight excluding hydrogens is 266 g/mol. The second-order valence-corrected chi connectivity index (χ2v) is 8.01. The fourth-order valence-corrected chi connectivity index (χ4v) is 2.84. The number of rotatable bonds is 1. The van der Waals surface area contributed by atoms with Crippen molar-refractivity contribution >= 4 is 11.3 Å². The van der Waals surface area contributed by atoms with Crippen LogP contribution in [0.5, 0.6) is 5.75 Å². The van der Waals surface area contributed by atoms with Gasteiger partial charge in [-0.3, -0.25) is 0 Å². The third kappa shape index (κ3) is 2.88. The van der Waals surface area contributed by atoms with Gasteiger partial charge in [0, 0.05) is 22.1 Å². The first kappa shape index (κ1) is 15.0. The average Bonchev–Trinajstić information content (AvgIpc) is 2.79. The summed E-state index contributed by atoms with van der Waals surface area (Å²) in [6.45, 7) is 12.7. The first-order valence-corrected chi connectivity index (χ1v) is 7.81. The first-order chi connectivity index (χ1) is 9.10. The summed E-state index contributed by atoms with van der Waals surface area (Å²) in [5.74, 6) is 0.420. The molecule has 20 heavy (non-hydrogen) atoms. The van der Waals surface area contributed by atoms with Crippen molar-refractivity contribution in [1.29, 1.82) is 0 Å². The molecule has 0 bridgehead atoms. The quantitative estimate of drug-likeness (QED) is 0.791. The van der Waals surface area contributed by atoms with Gasteiger partial charge in [-0.1, -0.05) is 41.5 Å². The minimum atomic E-state index is -0.101. The molecule has 1 aromatic heterocycles. The summed E-state index contributed by atoms with van der Waals surface area (Å²) in [7, 11) is 0. The van der Waals surface area contributed by atoms with E-state index in [1.807, 2.05) is 10.9 Å². The second kappa shape index (κ2) is 4.88. The molecule has 0 saturated heterocycles. The maximum atomic E-state index is 10.7. The molecule has 0 radical (unpaired) electrons. The molecule has 0 atom stereocenters. The van der Waals surface area contributed by atoms with Crippen LogP contribution >= 0.6 is 11.3 Å². The number of thiazole rings is 1. The van der Waals surface area contributed by atoms with E-state index in [-0.39, 0.29) is 10.8 Å². The maximum Gasteiger partial charge on any atom is 0.123 e. The Labute approximate surface area is 125 Å². The largest absolute Gasteiger partial charge is 0.507 e. The van der Waals surface area contributed by atoms with Crippen LogP contribution < -0.4 is 0 Å². The van der Waals surface area contributed by atoms with E-state index in [9.17, 15) is 5.11 Å². The number of hydrogen-bond acceptors (Lipinski definition) is 3. The zero-order chi connectivity index (χ0) is 15.1. The van der Waals surface area contributed by atoms with Crippen molar-refractivity contribution < 1.29 is 5.11 Å². The molecule has 0 amide bonds. The molecule has 0 aliphatic carbocycles. The smallest absolute Gasteiger partial charge is 0.123 e. The van der Waals surface area contributed by atoms with Gasteiger partial charge in [-0.25, -0.2) is 4.98 Å². The topological polar surface area (TPSA) is 33.1 Å². The highest BCUT2D eigenvalue weighted by atomic mass is 32.1. The Hall–Kier alpha value is -1.35. The van der Waals surface area contributed by atoms with Crippen molar-refractivity contribution in [3.8, 4) is 17.0 Å².